The third-order valence-electron chi connectivity index (χ3n) is 2.84. The van der Waals surface area contributed by atoms with Crippen molar-refractivity contribution in [2.24, 2.45) is 0 Å². The molecule has 0 aliphatic heterocycles. The molecule has 0 fully saturated rings. The molecule has 0 aliphatic rings. The van der Waals surface area contributed by atoms with Gasteiger partial charge in [-0.3, -0.25) is 4.79 Å². The van der Waals surface area contributed by atoms with E-state index in [1.165, 1.54) is 0 Å². The summed E-state index contributed by atoms with van der Waals surface area (Å²) in [6.07, 6.45) is 0. The molecule has 0 saturated carbocycles. The van der Waals surface area contributed by atoms with Crippen molar-refractivity contribution in [3.8, 4) is 0 Å². The third kappa shape index (κ3) is 4.42. The zero-order chi connectivity index (χ0) is 14.4. The second-order valence-corrected chi connectivity index (χ2v) is 5.91. The standard InChI is InChI=1S/C15H18N2O2S/c1-11-8-14(17-19-11)10-20-12(2)15(18)16-9-13-6-4-3-5-7-13/h3-8,12H,9-10H2,1-2H3,(H,16,18)/t12-/m0/s1. The van der Waals surface area contributed by atoms with Crippen LogP contribution in [0.2, 0.25) is 0 Å². The van der Waals surface area contributed by atoms with Crippen LogP contribution in [0.25, 0.3) is 0 Å². The second kappa shape index (κ2) is 7.14. The van der Waals surface area contributed by atoms with Crippen LogP contribution in [-0.4, -0.2) is 16.3 Å². The number of aryl methyl sites for hydroxylation is 1. The zero-order valence-electron chi connectivity index (χ0n) is 11.6. The number of hydrogen-bond donors (Lipinski definition) is 1. The van der Waals surface area contributed by atoms with E-state index < -0.39 is 0 Å². The van der Waals surface area contributed by atoms with Gasteiger partial charge in [-0.1, -0.05) is 35.5 Å². The topological polar surface area (TPSA) is 55.1 Å². The van der Waals surface area contributed by atoms with Gasteiger partial charge in [-0.05, 0) is 19.4 Å². The molecule has 1 amide bonds. The maximum Gasteiger partial charge on any atom is 0.233 e. The number of rotatable bonds is 6. The molecule has 1 atom stereocenters. The molecule has 4 nitrogen and oxygen atoms in total. The number of carbonyl (C=O) groups excluding carboxylic acids is 1. The summed E-state index contributed by atoms with van der Waals surface area (Å²) < 4.78 is 5.00. The molecule has 1 heterocycles. The summed E-state index contributed by atoms with van der Waals surface area (Å²) in [6.45, 7) is 4.32. The SMILES string of the molecule is Cc1cc(CS[C@@H](C)C(=O)NCc2ccccc2)no1. The first-order chi connectivity index (χ1) is 9.65. The van der Waals surface area contributed by atoms with Crippen LogP contribution in [0.5, 0.6) is 0 Å². The van der Waals surface area contributed by atoms with Gasteiger partial charge < -0.3 is 9.84 Å². The van der Waals surface area contributed by atoms with E-state index in [0.717, 1.165) is 17.0 Å². The van der Waals surface area contributed by atoms with Crippen molar-refractivity contribution in [3.63, 3.8) is 0 Å². The summed E-state index contributed by atoms with van der Waals surface area (Å²) >= 11 is 1.55. The first-order valence-corrected chi connectivity index (χ1v) is 7.55. The summed E-state index contributed by atoms with van der Waals surface area (Å²) in [5, 5.41) is 6.73. The maximum atomic E-state index is 12.0. The molecule has 0 unspecified atom stereocenters. The van der Waals surface area contributed by atoms with Gasteiger partial charge in [-0.2, -0.15) is 0 Å². The minimum Gasteiger partial charge on any atom is -0.361 e. The van der Waals surface area contributed by atoms with E-state index in [2.05, 4.69) is 10.5 Å². The van der Waals surface area contributed by atoms with E-state index in [9.17, 15) is 4.79 Å². The van der Waals surface area contributed by atoms with Crippen molar-refractivity contribution in [1.82, 2.24) is 10.5 Å². The average molecular weight is 290 g/mol. The van der Waals surface area contributed by atoms with Gasteiger partial charge in [-0.25, -0.2) is 0 Å². The lowest BCUT2D eigenvalue weighted by Crippen LogP contribution is -2.30. The first-order valence-electron chi connectivity index (χ1n) is 6.50. The van der Waals surface area contributed by atoms with E-state index in [0.29, 0.717) is 12.3 Å². The highest BCUT2D eigenvalue weighted by molar-refractivity contribution is 7.99. The normalized spacial score (nSPS) is 12.1. The smallest absolute Gasteiger partial charge is 0.233 e. The van der Waals surface area contributed by atoms with Gasteiger partial charge in [-0.15, -0.1) is 11.8 Å². The minimum absolute atomic E-state index is 0.0408. The molecule has 1 aromatic heterocycles. The molecular weight excluding hydrogens is 272 g/mol. The number of thioether (sulfide) groups is 1. The van der Waals surface area contributed by atoms with Gasteiger partial charge in [0.25, 0.3) is 0 Å². The van der Waals surface area contributed by atoms with Crippen LogP contribution >= 0.6 is 11.8 Å². The molecule has 0 radical (unpaired) electrons. The van der Waals surface area contributed by atoms with Crippen molar-refractivity contribution in [2.75, 3.05) is 0 Å². The minimum atomic E-state index is -0.115. The summed E-state index contributed by atoms with van der Waals surface area (Å²) in [7, 11) is 0. The Kier molecular flexibility index (Phi) is 5.24. The highest BCUT2D eigenvalue weighted by Crippen LogP contribution is 2.17. The Labute approximate surface area is 122 Å². The van der Waals surface area contributed by atoms with Crippen LogP contribution < -0.4 is 5.32 Å². The Hall–Kier alpha value is -1.75. The Bertz CT molecular complexity index is 554. The van der Waals surface area contributed by atoms with Gasteiger partial charge >= 0.3 is 0 Å². The summed E-state index contributed by atoms with van der Waals surface area (Å²) in [5.74, 6) is 1.51. The second-order valence-electron chi connectivity index (χ2n) is 4.59. The highest BCUT2D eigenvalue weighted by atomic mass is 32.2. The summed E-state index contributed by atoms with van der Waals surface area (Å²) in [4.78, 5) is 12.0. The van der Waals surface area contributed by atoms with Crippen LogP contribution in [0, 0.1) is 6.92 Å². The number of nitrogens with one attached hydrogen (secondary N) is 1. The molecule has 1 aromatic carbocycles. The molecule has 5 heteroatoms. The highest BCUT2D eigenvalue weighted by Gasteiger charge is 2.14. The van der Waals surface area contributed by atoms with Crippen LogP contribution in [0.1, 0.15) is 23.9 Å². The van der Waals surface area contributed by atoms with Crippen molar-refractivity contribution in [1.29, 1.82) is 0 Å². The molecular formula is C15H18N2O2S. The summed E-state index contributed by atoms with van der Waals surface area (Å²) in [6, 6.07) is 11.8. The zero-order valence-corrected chi connectivity index (χ0v) is 12.4. The lowest BCUT2D eigenvalue weighted by atomic mass is 10.2. The largest absolute Gasteiger partial charge is 0.361 e. The predicted octanol–water partition coefficient (Wildman–Crippen LogP) is 2.92. The lowest BCUT2D eigenvalue weighted by molar-refractivity contribution is -0.120. The lowest BCUT2D eigenvalue weighted by Gasteiger charge is -2.11. The Morgan fingerprint density at radius 1 is 1.40 bits per heavy atom. The first kappa shape index (κ1) is 14.7. The predicted molar refractivity (Wildman–Crippen MR) is 80.3 cm³/mol. The van der Waals surface area contributed by atoms with Crippen molar-refractivity contribution in [3.05, 3.63) is 53.4 Å². The van der Waals surface area contributed by atoms with Crippen molar-refractivity contribution >= 4 is 17.7 Å². The Morgan fingerprint density at radius 2 is 2.15 bits per heavy atom. The number of hydrogen-bond acceptors (Lipinski definition) is 4. The number of amides is 1. The number of benzene rings is 1. The number of nitrogens with zero attached hydrogens (tertiary/aromatic N) is 1. The van der Waals surface area contributed by atoms with Crippen LogP contribution in [0.15, 0.2) is 40.9 Å². The van der Waals surface area contributed by atoms with E-state index in [-0.39, 0.29) is 11.2 Å². The van der Waals surface area contributed by atoms with E-state index in [1.54, 1.807) is 11.8 Å². The monoisotopic (exact) mass is 290 g/mol. The van der Waals surface area contributed by atoms with Crippen LogP contribution in [-0.2, 0) is 17.1 Å². The van der Waals surface area contributed by atoms with Crippen molar-refractivity contribution in [2.45, 2.75) is 31.4 Å². The maximum absolute atomic E-state index is 12.0. The number of carbonyl (C=O) groups is 1. The van der Waals surface area contributed by atoms with Crippen molar-refractivity contribution < 1.29 is 9.32 Å². The van der Waals surface area contributed by atoms with Crippen LogP contribution in [0.3, 0.4) is 0 Å². The molecule has 106 valence electrons. The molecule has 0 saturated heterocycles. The van der Waals surface area contributed by atoms with Crippen LogP contribution in [0.4, 0.5) is 0 Å². The molecule has 0 aliphatic carbocycles. The van der Waals surface area contributed by atoms with E-state index in [1.807, 2.05) is 50.2 Å². The molecule has 2 aromatic rings. The molecule has 0 bridgehead atoms. The Balaban J connectivity index is 1.74. The molecule has 20 heavy (non-hydrogen) atoms. The average Bonchev–Trinajstić information content (AvgIpc) is 2.89. The van der Waals surface area contributed by atoms with E-state index in [4.69, 9.17) is 4.52 Å². The quantitative estimate of drug-likeness (QED) is 0.888. The van der Waals surface area contributed by atoms with E-state index >= 15 is 0 Å². The van der Waals surface area contributed by atoms with Gasteiger partial charge in [0.1, 0.15) is 5.76 Å². The third-order valence-corrected chi connectivity index (χ3v) is 4.01. The molecule has 0 spiro atoms. The fourth-order valence-electron chi connectivity index (χ4n) is 1.70. The van der Waals surface area contributed by atoms with Gasteiger partial charge in [0.15, 0.2) is 0 Å². The molecule has 1 N–H and O–H groups in total. The molecule has 2 rings (SSSR count). The van der Waals surface area contributed by atoms with Gasteiger partial charge in [0.2, 0.25) is 5.91 Å². The fraction of sp³-hybridized carbons (Fsp3) is 0.333. The van der Waals surface area contributed by atoms with Gasteiger partial charge in [0.05, 0.1) is 10.9 Å². The fourth-order valence-corrected chi connectivity index (χ4v) is 2.49. The summed E-state index contributed by atoms with van der Waals surface area (Å²) in [5.41, 5.74) is 1.97. The number of aromatic nitrogens is 1. The Morgan fingerprint density at radius 3 is 2.80 bits per heavy atom. The van der Waals surface area contributed by atoms with Gasteiger partial charge in [0, 0.05) is 18.4 Å².